The van der Waals surface area contributed by atoms with Gasteiger partial charge in [0.2, 0.25) is 0 Å². The van der Waals surface area contributed by atoms with Crippen molar-refractivity contribution in [3.8, 4) is 0 Å². The average molecular weight is 291 g/mol. The summed E-state index contributed by atoms with van der Waals surface area (Å²) in [5.41, 5.74) is 0.747. The Morgan fingerprint density at radius 2 is 2.24 bits per heavy atom. The van der Waals surface area contributed by atoms with Gasteiger partial charge in [-0.3, -0.25) is 4.40 Å². The fraction of sp³-hybridized carbons (Fsp3) is 0.467. The van der Waals surface area contributed by atoms with E-state index in [1.54, 1.807) is 22.7 Å². The van der Waals surface area contributed by atoms with Crippen LogP contribution in [-0.4, -0.2) is 38.7 Å². The second-order valence-electron chi connectivity index (χ2n) is 5.09. The number of anilines is 1. The minimum absolute atomic E-state index is 0.142. The standard InChI is InChI=1S/C15H21N3O3/c1-2-5-11(7-9-19)10-16-14-13(15(20)21)18-8-4-3-6-12(18)17-14/h3-4,6,8,11,16,19H,2,5,7,9-10H2,1H3,(H,20,21). The van der Waals surface area contributed by atoms with Gasteiger partial charge in [0, 0.05) is 19.3 Å². The number of aromatic carboxylic acids is 1. The molecule has 3 N–H and O–H groups in total. The Labute approximate surface area is 123 Å². The van der Waals surface area contributed by atoms with Crippen molar-refractivity contribution in [3.63, 3.8) is 0 Å². The van der Waals surface area contributed by atoms with Crippen molar-refractivity contribution < 1.29 is 15.0 Å². The van der Waals surface area contributed by atoms with E-state index in [2.05, 4.69) is 17.2 Å². The maximum atomic E-state index is 11.5. The fourth-order valence-electron chi connectivity index (χ4n) is 2.50. The molecule has 114 valence electrons. The summed E-state index contributed by atoms with van der Waals surface area (Å²) in [4.78, 5) is 15.8. The lowest BCUT2D eigenvalue weighted by Crippen LogP contribution is -2.17. The minimum Gasteiger partial charge on any atom is -0.476 e. The van der Waals surface area contributed by atoms with Crippen molar-refractivity contribution in [2.45, 2.75) is 26.2 Å². The maximum Gasteiger partial charge on any atom is 0.356 e. The number of carbonyl (C=O) groups is 1. The smallest absolute Gasteiger partial charge is 0.356 e. The topological polar surface area (TPSA) is 86.9 Å². The van der Waals surface area contributed by atoms with E-state index in [0.29, 0.717) is 30.3 Å². The molecule has 2 heterocycles. The summed E-state index contributed by atoms with van der Waals surface area (Å²) in [7, 11) is 0. The SMILES string of the molecule is CCCC(CCO)CNc1nc2ccccn2c1C(=O)O. The highest BCUT2D eigenvalue weighted by Gasteiger charge is 2.19. The molecule has 0 aliphatic heterocycles. The number of nitrogens with zero attached hydrogens (tertiary/aromatic N) is 2. The van der Waals surface area contributed by atoms with Gasteiger partial charge in [-0.15, -0.1) is 0 Å². The number of carboxylic acids is 1. The summed E-state index contributed by atoms with van der Waals surface area (Å²) in [6, 6.07) is 5.37. The molecule has 2 aromatic rings. The Kier molecular flexibility index (Phi) is 5.16. The maximum absolute atomic E-state index is 11.5. The third-order valence-corrected chi connectivity index (χ3v) is 3.52. The molecule has 2 aromatic heterocycles. The number of rotatable bonds is 8. The van der Waals surface area contributed by atoms with Crippen LogP contribution < -0.4 is 5.32 Å². The summed E-state index contributed by atoms with van der Waals surface area (Å²) in [5.74, 6) is -0.315. The summed E-state index contributed by atoms with van der Waals surface area (Å²) < 4.78 is 1.56. The van der Waals surface area contributed by atoms with Crippen molar-refractivity contribution >= 4 is 17.4 Å². The van der Waals surface area contributed by atoms with Gasteiger partial charge >= 0.3 is 5.97 Å². The minimum atomic E-state index is -1.01. The molecule has 0 spiro atoms. The van der Waals surface area contributed by atoms with Gasteiger partial charge in [-0.2, -0.15) is 0 Å². The predicted octanol–water partition coefficient (Wildman–Crippen LogP) is 2.24. The monoisotopic (exact) mass is 291 g/mol. The van der Waals surface area contributed by atoms with Gasteiger partial charge in [0.05, 0.1) is 0 Å². The molecule has 2 rings (SSSR count). The van der Waals surface area contributed by atoms with E-state index >= 15 is 0 Å². The Morgan fingerprint density at radius 3 is 2.90 bits per heavy atom. The summed E-state index contributed by atoms with van der Waals surface area (Å²) in [6.45, 7) is 2.85. The Balaban J connectivity index is 2.21. The average Bonchev–Trinajstić information content (AvgIpc) is 2.83. The highest BCUT2D eigenvalue weighted by Crippen LogP contribution is 2.19. The number of hydrogen-bond donors (Lipinski definition) is 3. The molecule has 0 aromatic carbocycles. The molecule has 0 amide bonds. The van der Waals surface area contributed by atoms with Crippen LogP contribution in [0.4, 0.5) is 5.82 Å². The Hall–Kier alpha value is -2.08. The van der Waals surface area contributed by atoms with E-state index in [1.807, 2.05) is 6.07 Å². The third-order valence-electron chi connectivity index (χ3n) is 3.52. The molecule has 0 bridgehead atoms. The molecule has 1 unspecified atom stereocenters. The number of pyridine rings is 1. The first-order valence-electron chi connectivity index (χ1n) is 7.22. The Morgan fingerprint density at radius 1 is 1.43 bits per heavy atom. The molecule has 0 saturated heterocycles. The lowest BCUT2D eigenvalue weighted by atomic mass is 10.0. The normalized spacial score (nSPS) is 12.5. The molecule has 0 radical (unpaired) electrons. The number of aliphatic hydroxyl groups excluding tert-OH is 1. The number of fused-ring (bicyclic) bond motifs is 1. The van der Waals surface area contributed by atoms with E-state index in [9.17, 15) is 9.90 Å². The Bertz CT molecular complexity index is 603. The van der Waals surface area contributed by atoms with Crippen LogP contribution in [0.3, 0.4) is 0 Å². The van der Waals surface area contributed by atoms with Gasteiger partial charge in [-0.1, -0.05) is 19.4 Å². The van der Waals surface area contributed by atoms with Gasteiger partial charge in [-0.25, -0.2) is 9.78 Å². The highest BCUT2D eigenvalue weighted by molar-refractivity contribution is 5.92. The van der Waals surface area contributed by atoms with Crippen LogP contribution >= 0.6 is 0 Å². The molecule has 6 nitrogen and oxygen atoms in total. The van der Waals surface area contributed by atoms with Crippen LogP contribution in [0.25, 0.3) is 5.65 Å². The molecule has 21 heavy (non-hydrogen) atoms. The second-order valence-corrected chi connectivity index (χ2v) is 5.09. The number of aromatic nitrogens is 2. The van der Waals surface area contributed by atoms with Crippen molar-refractivity contribution in [1.82, 2.24) is 9.38 Å². The first-order chi connectivity index (χ1) is 10.2. The third kappa shape index (κ3) is 3.52. The quantitative estimate of drug-likeness (QED) is 0.694. The molecule has 1 atom stereocenters. The van der Waals surface area contributed by atoms with Crippen molar-refractivity contribution in [2.75, 3.05) is 18.5 Å². The van der Waals surface area contributed by atoms with Gasteiger partial charge in [-0.05, 0) is 30.9 Å². The zero-order chi connectivity index (χ0) is 15.2. The lowest BCUT2D eigenvalue weighted by Gasteiger charge is -2.15. The lowest BCUT2D eigenvalue weighted by molar-refractivity contribution is 0.0690. The molecule has 0 aliphatic carbocycles. The van der Waals surface area contributed by atoms with Crippen molar-refractivity contribution in [3.05, 3.63) is 30.1 Å². The molecule has 0 aliphatic rings. The van der Waals surface area contributed by atoms with Crippen molar-refractivity contribution in [1.29, 1.82) is 0 Å². The van der Waals surface area contributed by atoms with Crippen LogP contribution in [-0.2, 0) is 0 Å². The molecule has 0 fully saturated rings. The zero-order valence-corrected chi connectivity index (χ0v) is 12.1. The summed E-state index contributed by atoms with van der Waals surface area (Å²) in [6.07, 6.45) is 4.41. The first-order valence-corrected chi connectivity index (χ1v) is 7.22. The number of nitrogens with one attached hydrogen (secondary N) is 1. The van der Waals surface area contributed by atoms with Gasteiger partial charge < -0.3 is 15.5 Å². The number of imidazole rings is 1. The molecular weight excluding hydrogens is 270 g/mol. The number of hydrogen-bond acceptors (Lipinski definition) is 4. The van der Waals surface area contributed by atoms with Crippen LogP contribution in [0.1, 0.15) is 36.7 Å². The van der Waals surface area contributed by atoms with Crippen LogP contribution in [0.2, 0.25) is 0 Å². The van der Waals surface area contributed by atoms with E-state index in [-0.39, 0.29) is 12.3 Å². The highest BCUT2D eigenvalue weighted by atomic mass is 16.4. The summed E-state index contributed by atoms with van der Waals surface area (Å²) in [5, 5.41) is 21.6. The fourth-order valence-corrected chi connectivity index (χ4v) is 2.50. The zero-order valence-electron chi connectivity index (χ0n) is 12.1. The first kappa shape index (κ1) is 15.3. The van der Waals surface area contributed by atoms with E-state index in [1.165, 1.54) is 0 Å². The second kappa shape index (κ2) is 7.08. The van der Waals surface area contributed by atoms with E-state index in [0.717, 1.165) is 12.8 Å². The molecule has 0 saturated carbocycles. The van der Waals surface area contributed by atoms with Crippen molar-refractivity contribution in [2.24, 2.45) is 5.92 Å². The molecular formula is C15H21N3O3. The van der Waals surface area contributed by atoms with E-state index in [4.69, 9.17) is 5.11 Å². The van der Waals surface area contributed by atoms with Crippen LogP contribution in [0.15, 0.2) is 24.4 Å². The molecule has 6 heteroatoms. The predicted molar refractivity (Wildman–Crippen MR) is 80.7 cm³/mol. The number of aliphatic hydroxyl groups is 1. The van der Waals surface area contributed by atoms with E-state index < -0.39 is 5.97 Å². The number of carboxylic acid groups (broad SMARTS) is 1. The largest absolute Gasteiger partial charge is 0.476 e. The van der Waals surface area contributed by atoms with Crippen LogP contribution in [0, 0.1) is 5.92 Å². The van der Waals surface area contributed by atoms with Crippen LogP contribution in [0.5, 0.6) is 0 Å². The van der Waals surface area contributed by atoms with Gasteiger partial charge in [0.15, 0.2) is 11.5 Å². The van der Waals surface area contributed by atoms with Gasteiger partial charge in [0.1, 0.15) is 5.65 Å². The summed E-state index contributed by atoms with van der Waals surface area (Å²) >= 11 is 0. The van der Waals surface area contributed by atoms with Gasteiger partial charge in [0.25, 0.3) is 0 Å².